The van der Waals surface area contributed by atoms with E-state index in [4.69, 9.17) is 0 Å². The molecule has 0 bridgehead atoms. The van der Waals surface area contributed by atoms with Crippen LogP contribution >= 0.6 is 15.9 Å². The molecule has 0 spiro atoms. The number of aryl methyl sites for hydroxylation is 1. The molecule has 0 aliphatic rings. The molecular formula is C12H14BrN5O2. The van der Waals surface area contributed by atoms with Crippen molar-refractivity contribution in [3.8, 4) is 0 Å². The van der Waals surface area contributed by atoms with Crippen LogP contribution < -0.4 is 5.32 Å². The van der Waals surface area contributed by atoms with Crippen LogP contribution in [0.3, 0.4) is 0 Å². The lowest BCUT2D eigenvalue weighted by molar-refractivity contribution is -0.385. The number of nitrogens with one attached hydrogen (secondary N) is 1. The predicted molar refractivity (Wildman–Crippen MR) is 77.2 cm³/mol. The van der Waals surface area contributed by atoms with Gasteiger partial charge in [0.05, 0.1) is 4.92 Å². The summed E-state index contributed by atoms with van der Waals surface area (Å²) < 4.78 is 2.35. The summed E-state index contributed by atoms with van der Waals surface area (Å²) in [4.78, 5) is 14.7. The fraction of sp³-hybridized carbons (Fsp3) is 0.333. The molecule has 106 valence electrons. The summed E-state index contributed by atoms with van der Waals surface area (Å²) in [5.41, 5.74) is 0.773. The largest absolute Gasteiger partial charge is 0.312 e. The van der Waals surface area contributed by atoms with E-state index in [9.17, 15) is 10.1 Å². The maximum absolute atomic E-state index is 11.0. The normalized spacial score (nSPS) is 10.7. The minimum Gasteiger partial charge on any atom is -0.312 e. The van der Waals surface area contributed by atoms with Gasteiger partial charge in [0.1, 0.15) is 6.33 Å². The van der Waals surface area contributed by atoms with Gasteiger partial charge in [-0.3, -0.25) is 14.8 Å². The fourth-order valence-electron chi connectivity index (χ4n) is 1.78. The maximum atomic E-state index is 11.0. The van der Waals surface area contributed by atoms with E-state index in [1.54, 1.807) is 23.1 Å². The molecule has 0 saturated heterocycles. The summed E-state index contributed by atoms with van der Waals surface area (Å²) in [5.74, 6) is 0.755. The summed E-state index contributed by atoms with van der Waals surface area (Å²) in [6.07, 6.45) is 2.33. The van der Waals surface area contributed by atoms with Gasteiger partial charge in [-0.15, -0.1) is 0 Å². The maximum Gasteiger partial charge on any atom is 0.275 e. The number of hydrogen-bond donors (Lipinski definition) is 1. The highest BCUT2D eigenvalue weighted by molar-refractivity contribution is 9.10. The Labute approximate surface area is 124 Å². The molecule has 0 aliphatic heterocycles. The molecule has 0 fully saturated rings. The van der Waals surface area contributed by atoms with E-state index in [2.05, 4.69) is 31.3 Å². The topological polar surface area (TPSA) is 85.9 Å². The van der Waals surface area contributed by atoms with Crippen molar-refractivity contribution in [2.24, 2.45) is 7.05 Å². The molecule has 0 unspecified atom stereocenters. The number of halogens is 1. The molecule has 0 aliphatic carbocycles. The molecule has 1 aromatic heterocycles. The number of rotatable bonds is 6. The van der Waals surface area contributed by atoms with E-state index in [1.807, 2.05) is 7.05 Å². The Morgan fingerprint density at radius 2 is 2.30 bits per heavy atom. The van der Waals surface area contributed by atoms with Gasteiger partial charge >= 0.3 is 0 Å². The van der Waals surface area contributed by atoms with E-state index in [0.717, 1.165) is 5.82 Å². The summed E-state index contributed by atoms with van der Waals surface area (Å²) in [7, 11) is 1.81. The Morgan fingerprint density at radius 3 is 2.95 bits per heavy atom. The first kappa shape index (κ1) is 14.6. The van der Waals surface area contributed by atoms with Gasteiger partial charge in [0, 0.05) is 42.7 Å². The van der Waals surface area contributed by atoms with E-state index < -0.39 is 0 Å². The second kappa shape index (κ2) is 6.58. The van der Waals surface area contributed by atoms with E-state index in [-0.39, 0.29) is 10.6 Å². The molecule has 8 heteroatoms. The second-order valence-electron chi connectivity index (χ2n) is 4.29. The van der Waals surface area contributed by atoms with Gasteiger partial charge < -0.3 is 5.32 Å². The van der Waals surface area contributed by atoms with Crippen LogP contribution in [0.25, 0.3) is 0 Å². The predicted octanol–water partition coefficient (Wildman–Crippen LogP) is 1.82. The number of hydrogen-bond acceptors (Lipinski definition) is 5. The summed E-state index contributed by atoms with van der Waals surface area (Å²) in [6.45, 7) is 1.10. The Kier molecular flexibility index (Phi) is 4.80. The molecule has 0 saturated carbocycles. The summed E-state index contributed by atoms with van der Waals surface area (Å²) in [6, 6.07) is 5.05. The average Bonchev–Trinajstić information content (AvgIpc) is 2.81. The lowest BCUT2D eigenvalue weighted by Gasteiger charge is -2.05. The summed E-state index contributed by atoms with van der Waals surface area (Å²) >= 11 is 3.24. The van der Waals surface area contributed by atoms with Crippen molar-refractivity contribution < 1.29 is 4.92 Å². The highest BCUT2D eigenvalue weighted by atomic mass is 79.9. The third-order valence-electron chi connectivity index (χ3n) is 2.73. The third kappa shape index (κ3) is 3.84. The Morgan fingerprint density at radius 1 is 1.50 bits per heavy atom. The fourth-order valence-corrected chi connectivity index (χ4v) is 2.13. The van der Waals surface area contributed by atoms with Crippen LogP contribution in [0, 0.1) is 10.1 Å². The molecule has 7 nitrogen and oxygen atoms in total. The average molecular weight is 340 g/mol. The van der Waals surface area contributed by atoms with Gasteiger partial charge in [0.15, 0.2) is 5.82 Å². The van der Waals surface area contributed by atoms with E-state index >= 15 is 0 Å². The standard InChI is InChI=1S/C12H14BrN5O2/c1-17-8-15-12(16-17)4-5-14-7-9-2-3-10(13)6-11(9)18(19)20/h2-3,6,8,14H,4-5,7H2,1H3. The van der Waals surface area contributed by atoms with Crippen LogP contribution in [0.1, 0.15) is 11.4 Å². The van der Waals surface area contributed by atoms with Crippen molar-refractivity contribution in [1.29, 1.82) is 0 Å². The third-order valence-corrected chi connectivity index (χ3v) is 3.23. The first-order valence-electron chi connectivity index (χ1n) is 6.04. The number of nitro groups is 1. The number of benzene rings is 1. The van der Waals surface area contributed by atoms with Crippen molar-refractivity contribution in [1.82, 2.24) is 20.1 Å². The first-order valence-corrected chi connectivity index (χ1v) is 6.83. The molecular weight excluding hydrogens is 326 g/mol. The van der Waals surface area contributed by atoms with Crippen molar-refractivity contribution in [2.45, 2.75) is 13.0 Å². The SMILES string of the molecule is Cn1cnc(CCNCc2ccc(Br)cc2[N+](=O)[O-])n1. The lowest BCUT2D eigenvalue weighted by atomic mass is 10.2. The Bertz CT molecular complexity index is 614. The van der Waals surface area contributed by atoms with Gasteiger partial charge in [0.25, 0.3) is 5.69 Å². The smallest absolute Gasteiger partial charge is 0.275 e. The van der Waals surface area contributed by atoms with Crippen LogP contribution in [-0.4, -0.2) is 26.2 Å². The quantitative estimate of drug-likeness (QED) is 0.492. The number of aromatic nitrogens is 3. The minimum atomic E-state index is -0.373. The molecule has 1 N–H and O–H groups in total. The Hall–Kier alpha value is -1.80. The highest BCUT2D eigenvalue weighted by Crippen LogP contribution is 2.23. The molecule has 20 heavy (non-hydrogen) atoms. The monoisotopic (exact) mass is 339 g/mol. The number of nitrogens with zero attached hydrogens (tertiary/aromatic N) is 4. The number of nitro benzene ring substituents is 1. The highest BCUT2D eigenvalue weighted by Gasteiger charge is 2.13. The van der Waals surface area contributed by atoms with Gasteiger partial charge in [-0.25, -0.2) is 4.98 Å². The second-order valence-corrected chi connectivity index (χ2v) is 5.21. The zero-order valence-electron chi connectivity index (χ0n) is 10.9. The van der Waals surface area contributed by atoms with Crippen LogP contribution in [-0.2, 0) is 20.0 Å². The molecule has 0 radical (unpaired) electrons. The van der Waals surface area contributed by atoms with Crippen molar-refractivity contribution >= 4 is 21.6 Å². The molecule has 1 heterocycles. The zero-order chi connectivity index (χ0) is 14.5. The van der Waals surface area contributed by atoms with Gasteiger partial charge in [-0.05, 0) is 12.1 Å². The van der Waals surface area contributed by atoms with Crippen molar-refractivity contribution in [3.05, 3.63) is 50.5 Å². The lowest BCUT2D eigenvalue weighted by Crippen LogP contribution is -2.18. The molecule has 0 atom stereocenters. The zero-order valence-corrected chi connectivity index (χ0v) is 12.5. The molecule has 1 aromatic carbocycles. The van der Waals surface area contributed by atoms with Crippen molar-refractivity contribution in [2.75, 3.05) is 6.54 Å². The van der Waals surface area contributed by atoms with E-state index in [1.165, 1.54) is 6.07 Å². The van der Waals surface area contributed by atoms with Gasteiger partial charge in [0.2, 0.25) is 0 Å². The summed E-state index contributed by atoms with van der Waals surface area (Å²) in [5, 5.41) is 18.3. The molecule has 2 rings (SSSR count). The van der Waals surface area contributed by atoms with Crippen molar-refractivity contribution in [3.63, 3.8) is 0 Å². The molecule has 2 aromatic rings. The first-order chi connectivity index (χ1) is 9.56. The van der Waals surface area contributed by atoms with Crippen LogP contribution in [0.2, 0.25) is 0 Å². The van der Waals surface area contributed by atoms with Gasteiger partial charge in [-0.2, -0.15) is 5.10 Å². The Balaban J connectivity index is 1.89. The van der Waals surface area contributed by atoms with E-state index in [0.29, 0.717) is 29.5 Å². The minimum absolute atomic E-state index is 0.114. The molecule has 0 amide bonds. The van der Waals surface area contributed by atoms with Crippen LogP contribution in [0.15, 0.2) is 29.0 Å². The van der Waals surface area contributed by atoms with Crippen LogP contribution in [0.5, 0.6) is 0 Å². The van der Waals surface area contributed by atoms with Gasteiger partial charge in [-0.1, -0.05) is 15.9 Å². The van der Waals surface area contributed by atoms with Crippen LogP contribution in [0.4, 0.5) is 5.69 Å².